The van der Waals surface area contributed by atoms with Crippen LogP contribution in [0.15, 0.2) is 48.0 Å². The molecular formula is C24H25N3OS. The quantitative estimate of drug-likeness (QED) is 0.501. The monoisotopic (exact) mass is 403 g/mol. The van der Waals surface area contributed by atoms with Crippen LogP contribution in [0.4, 0.5) is 0 Å². The Labute approximate surface area is 175 Å². The molecule has 0 saturated carbocycles. The Morgan fingerprint density at radius 3 is 2.62 bits per heavy atom. The van der Waals surface area contributed by atoms with Crippen LogP contribution in [-0.2, 0) is 17.8 Å². The summed E-state index contributed by atoms with van der Waals surface area (Å²) in [4.78, 5) is 18.2. The molecule has 2 heterocycles. The SMILES string of the molecule is Cc1ccc(C)c(CNC(=O)Cc2csc3nc(-c4ccc(C)c(C)c4)cn23)c1. The molecule has 0 atom stereocenters. The maximum atomic E-state index is 12.5. The molecule has 4 rings (SSSR count). The summed E-state index contributed by atoms with van der Waals surface area (Å²) in [5.41, 5.74) is 9.10. The van der Waals surface area contributed by atoms with Crippen molar-refractivity contribution in [2.45, 2.75) is 40.7 Å². The number of nitrogens with one attached hydrogen (secondary N) is 1. The highest BCUT2D eigenvalue weighted by atomic mass is 32.1. The van der Waals surface area contributed by atoms with E-state index in [-0.39, 0.29) is 5.91 Å². The van der Waals surface area contributed by atoms with Crippen molar-refractivity contribution in [3.05, 3.63) is 81.5 Å². The van der Waals surface area contributed by atoms with Gasteiger partial charge in [0.25, 0.3) is 0 Å². The van der Waals surface area contributed by atoms with Crippen LogP contribution < -0.4 is 5.32 Å². The van der Waals surface area contributed by atoms with Crippen molar-refractivity contribution in [3.8, 4) is 11.3 Å². The lowest BCUT2D eigenvalue weighted by Gasteiger charge is -2.09. The molecule has 0 aliphatic carbocycles. The molecule has 0 saturated heterocycles. The van der Waals surface area contributed by atoms with E-state index in [1.165, 1.54) is 22.3 Å². The predicted octanol–water partition coefficient (Wildman–Crippen LogP) is 5.16. The van der Waals surface area contributed by atoms with Crippen LogP contribution in [0.2, 0.25) is 0 Å². The number of fused-ring (bicyclic) bond motifs is 1. The fourth-order valence-electron chi connectivity index (χ4n) is 3.41. The van der Waals surface area contributed by atoms with Crippen molar-refractivity contribution in [1.82, 2.24) is 14.7 Å². The first-order valence-corrected chi connectivity index (χ1v) is 10.6. The summed E-state index contributed by atoms with van der Waals surface area (Å²) in [7, 11) is 0. The topological polar surface area (TPSA) is 46.4 Å². The normalized spacial score (nSPS) is 11.2. The van der Waals surface area contributed by atoms with Crippen molar-refractivity contribution >= 4 is 22.2 Å². The van der Waals surface area contributed by atoms with Gasteiger partial charge in [-0.2, -0.15) is 0 Å². The van der Waals surface area contributed by atoms with Crippen molar-refractivity contribution in [2.24, 2.45) is 0 Å². The van der Waals surface area contributed by atoms with E-state index < -0.39 is 0 Å². The van der Waals surface area contributed by atoms with Crippen LogP contribution in [0.5, 0.6) is 0 Å². The first-order valence-electron chi connectivity index (χ1n) is 9.76. The van der Waals surface area contributed by atoms with E-state index in [9.17, 15) is 4.79 Å². The van der Waals surface area contributed by atoms with E-state index in [4.69, 9.17) is 4.98 Å². The van der Waals surface area contributed by atoms with Gasteiger partial charge in [-0.05, 0) is 56.0 Å². The molecule has 148 valence electrons. The third-order valence-corrected chi connectivity index (χ3v) is 6.30. The third kappa shape index (κ3) is 4.10. The summed E-state index contributed by atoms with van der Waals surface area (Å²) in [6.45, 7) is 8.92. The zero-order valence-corrected chi connectivity index (χ0v) is 18.1. The number of amides is 1. The summed E-state index contributed by atoms with van der Waals surface area (Å²) in [6, 6.07) is 12.7. The maximum Gasteiger partial charge on any atom is 0.226 e. The molecule has 5 heteroatoms. The molecule has 0 spiro atoms. The van der Waals surface area contributed by atoms with Crippen molar-refractivity contribution in [1.29, 1.82) is 0 Å². The van der Waals surface area contributed by atoms with E-state index >= 15 is 0 Å². The van der Waals surface area contributed by atoms with Gasteiger partial charge in [-0.3, -0.25) is 9.20 Å². The van der Waals surface area contributed by atoms with Crippen LogP contribution in [0.3, 0.4) is 0 Å². The Hall–Kier alpha value is -2.92. The van der Waals surface area contributed by atoms with Crippen molar-refractivity contribution in [3.63, 3.8) is 0 Å². The zero-order valence-electron chi connectivity index (χ0n) is 17.2. The number of benzene rings is 2. The van der Waals surface area contributed by atoms with E-state index in [1.807, 2.05) is 16.0 Å². The Kier molecular flexibility index (Phi) is 5.24. The van der Waals surface area contributed by atoms with Gasteiger partial charge in [0.1, 0.15) is 0 Å². The fraction of sp³-hybridized carbons (Fsp3) is 0.250. The average molecular weight is 404 g/mol. The van der Waals surface area contributed by atoms with Crippen LogP contribution in [0, 0.1) is 27.7 Å². The summed E-state index contributed by atoms with van der Waals surface area (Å²) in [5.74, 6) is 0.0204. The largest absolute Gasteiger partial charge is 0.352 e. The van der Waals surface area contributed by atoms with Gasteiger partial charge < -0.3 is 5.32 Å². The van der Waals surface area contributed by atoms with Gasteiger partial charge in [-0.25, -0.2) is 4.98 Å². The second-order valence-electron chi connectivity index (χ2n) is 7.69. The molecule has 29 heavy (non-hydrogen) atoms. The molecule has 1 N–H and O–H groups in total. The summed E-state index contributed by atoms with van der Waals surface area (Å²) in [5, 5.41) is 5.07. The van der Waals surface area contributed by atoms with Crippen molar-refractivity contribution < 1.29 is 4.79 Å². The smallest absolute Gasteiger partial charge is 0.226 e. The van der Waals surface area contributed by atoms with Crippen LogP contribution in [-0.4, -0.2) is 15.3 Å². The number of aryl methyl sites for hydroxylation is 4. The minimum Gasteiger partial charge on any atom is -0.352 e. The maximum absolute atomic E-state index is 12.5. The summed E-state index contributed by atoms with van der Waals surface area (Å²) < 4.78 is 2.03. The molecule has 0 aliphatic heterocycles. The van der Waals surface area contributed by atoms with Gasteiger partial charge >= 0.3 is 0 Å². The Balaban J connectivity index is 1.49. The van der Waals surface area contributed by atoms with E-state index in [0.717, 1.165) is 27.5 Å². The Bertz CT molecular complexity index is 1200. The van der Waals surface area contributed by atoms with Gasteiger partial charge in [0.2, 0.25) is 5.91 Å². The number of aromatic nitrogens is 2. The van der Waals surface area contributed by atoms with Crippen molar-refractivity contribution in [2.75, 3.05) is 0 Å². The molecule has 2 aromatic heterocycles. The van der Waals surface area contributed by atoms with Crippen LogP contribution >= 0.6 is 11.3 Å². The first-order chi connectivity index (χ1) is 13.9. The Morgan fingerprint density at radius 1 is 1.03 bits per heavy atom. The second kappa shape index (κ2) is 7.84. The molecular weight excluding hydrogens is 378 g/mol. The number of thiazole rings is 1. The second-order valence-corrected chi connectivity index (χ2v) is 8.52. The van der Waals surface area contributed by atoms with Gasteiger partial charge in [0, 0.05) is 29.4 Å². The molecule has 0 aliphatic rings. The Morgan fingerprint density at radius 2 is 1.83 bits per heavy atom. The minimum atomic E-state index is 0.0204. The highest BCUT2D eigenvalue weighted by Crippen LogP contribution is 2.25. The average Bonchev–Trinajstić information content (AvgIpc) is 3.27. The molecule has 1 amide bonds. The number of carbonyl (C=O) groups is 1. The molecule has 0 radical (unpaired) electrons. The number of nitrogens with zero attached hydrogens (tertiary/aromatic N) is 2. The zero-order chi connectivity index (χ0) is 20.5. The molecule has 4 nitrogen and oxygen atoms in total. The van der Waals surface area contributed by atoms with Crippen LogP contribution in [0.1, 0.15) is 33.5 Å². The number of imidazole rings is 1. The minimum absolute atomic E-state index is 0.0204. The number of rotatable bonds is 5. The van der Waals surface area contributed by atoms with E-state index in [0.29, 0.717) is 13.0 Å². The molecule has 0 unspecified atom stereocenters. The number of carbonyl (C=O) groups excluding carboxylic acids is 1. The molecule has 0 bridgehead atoms. The highest BCUT2D eigenvalue weighted by molar-refractivity contribution is 7.15. The fourth-order valence-corrected chi connectivity index (χ4v) is 4.28. The van der Waals surface area contributed by atoms with Gasteiger partial charge in [0.05, 0.1) is 12.1 Å². The summed E-state index contributed by atoms with van der Waals surface area (Å²) in [6.07, 6.45) is 2.37. The van der Waals surface area contributed by atoms with E-state index in [2.05, 4.69) is 69.4 Å². The number of hydrogen-bond donors (Lipinski definition) is 1. The lowest BCUT2D eigenvalue weighted by Crippen LogP contribution is -2.25. The predicted molar refractivity (Wildman–Crippen MR) is 119 cm³/mol. The standard InChI is InChI=1S/C24H25N3OS/c1-15-5-6-17(3)20(9-15)12-25-23(28)11-21-14-29-24-26-22(13-27(21)24)19-8-7-16(2)18(4)10-19/h5-10,13-14H,11-12H2,1-4H3,(H,25,28). The first kappa shape index (κ1) is 19.4. The lowest BCUT2D eigenvalue weighted by molar-refractivity contribution is -0.120. The molecule has 4 aromatic rings. The van der Waals surface area contributed by atoms with Gasteiger partial charge in [-0.1, -0.05) is 35.9 Å². The molecule has 0 fully saturated rings. The number of hydrogen-bond acceptors (Lipinski definition) is 3. The van der Waals surface area contributed by atoms with Crippen LogP contribution in [0.25, 0.3) is 16.2 Å². The highest BCUT2D eigenvalue weighted by Gasteiger charge is 2.13. The molecule has 2 aromatic carbocycles. The van der Waals surface area contributed by atoms with Gasteiger partial charge in [0.15, 0.2) is 4.96 Å². The van der Waals surface area contributed by atoms with Gasteiger partial charge in [-0.15, -0.1) is 11.3 Å². The lowest BCUT2D eigenvalue weighted by atomic mass is 10.0. The third-order valence-electron chi connectivity index (χ3n) is 5.41. The van der Waals surface area contributed by atoms with E-state index in [1.54, 1.807) is 11.3 Å². The summed E-state index contributed by atoms with van der Waals surface area (Å²) >= 11 is 1.57.